The van der Waals surface area contributed by atoms with Crippen LogP contribution in [0.3, 0.4) is 0 Å². The molecular weight excluding hydrogens is 100 g/mol. The highest BCUT2D eigenvalue weighted by molar-refractivity contribution is 5.76. The predicted octanol–water partition coefficient (Wildman–Crippen LogP) is 0.855. The van der Waals surface area contributed by atoms with Crippen LogP contribution in [0.5, 0.6) is 0 Å². The summed E-state index contributed by atoms with van der Waals surface area (Å²) in [5.74, 6) is 0.662. The van der Waals surface area contributed by atoms with Gasteiger partial charge in [-0.05, 0) is 6.92 Å². The van der Waals surface area contributed by atoms with Crippen molar-refractivity contribution in [2.24, 2.45) is 0 Å². The monoisotopic (exact) mass is 110 g/mol. The minimum absolute atomic E-state index is 0.662. The number of hydrogen-bond acceptors (Lipinski definition) is 1. The van der Waals surface area contributed by atoms with E-state index in [1.54, 1.807) is 0 Å². The third kappa shape index (κ3) is 0.886. The fraction of sp³-hybridized carbons (Fsp3) is 0.500. The van der Waals surface area contributed by atoms with Crippen molar-refractivity contribution in [2.45, 2.75) is 6.92 Å². The molecule has 0 spiro atoms. The normalized spacial score (nSPS) is 17.4. The van der Waals surface area contributed by atoms with E-state index in [0.29, 0.717) is 5.84 Å². The molecule has 0 amide bonds. The Morgan fingerprint density at radius 1 is 1.50 bits per heavy atom. The van der Waals surface area contributed by atoms with Gasteiger partial charge in [0.2, 0.25) is 0 Å². The molecule has 0 radical (unpaired) electrons. The second kappa shape index (κ2) is 1.99. The topological polar surface area (TPSA) is 27.1 Å². The van der Waals surface area contributed by atoms with Crippen LogP contribution >= 0.6 is 0 Å². The number of nitrogens with zero attached hydrogens (tertiary/aromatic N) is 1. The van der Waals surface area contributed by atoms with Gasteiger partial charge in [0.25, 0.3) is 0 Å². The van der Waals surface area contributed by atoms with E-state index >= 15 is 0 Å². The maximum absolute atomic E-state index is 7.18. The Hall–Kier alpha value is -0.790. The van der Waals surface area contributed by atoms with Crippen molar-refractivity contribution in [1.29, 1.82) is 5.41 Å². The van der Waals surface area contributed by atoms with Crippen LogP contribution in [0.1, 0.15) is 6.92 Å². The van der Waals surface area contributed by atoms with Gasteiger partial charge in [0.15, 0.2) is 0 Å². The molecule has 0 aliphatic carbocycles. The van der Waals surface area contributed by atoms with Gasteiger partial charge >= 0.3 is 0 Å². The number of amidine groups is 1. The number of rotatable bonds is 0. The summed E-state index contributed by atoms with van der Waals surface area (Å²) in [6.07, 6.45) is 4.16. The zero-order valence-corrected chi connectivity index (χ0v) is 5.02. The van der Waals surface area contributed by atoms with E-state index in [1.807, 2.05) is 11.8 Å². The molecule has 0 atom stereocenters. The summed E-state index contributed by atoms with van der Waals surface area (Å²) in [5, 5.41) is 7.18. The average molecular weight is 110 g/mol. The number of nitrogens with one attached hydrogen (secondary N) is 1. The maximum Gasteiger partial charge on any atom is 0.0931 e. The molecule has 0 fully saturated rings. The molecule has 0 unspecified atom stereocenters. The van der Waals surface area contributed by atoms with Gasteiger partial charge in [-0.2, -0.15) is 0 Å². The highest BCUT2D eigenvalue weighted by Gasteiger charge is 2.03. The van der Waals surface area contributed by atoms with Crippen LogP contribution in [0.15, 0.2) is 12.2 Å². The van der Waals surface area contributed by atoms with E-state index in [9.17, 15) is 0 Å². The van der Waals surface area contributed by atoms with Crippen LogP contribution < -0.4 is 0 Å². The van der Waals surface area contributed by atoms with Gasteiger partial charge in [-0.25, -0.2) is 0 Å². The van der Waals surface area contributed by atoms with Crippen molar-refractivity contribution in [3.8, 4) is 0 Å². The molecule has 0 aromatic carbocycles. The highest BCUT2D eigenvalue weighted by atomic mass is 15.2. The Balaban J connectivity index is 2.41. The van der Waals surface area contributed by atoms with E-state index in [1.165, 1.54) is 0 Å². The van der Waals surface area contributed by atoms with Gasteiger partial charge in [0, 0.05) is 13.1 Å². The third-order valence-corrected chi connectivity index (χ3v) is 1.29. The van der Waals surface area contributed by atoms with Gasteiger partial charge in [-0.1, -0.05) is 12.2 Å². The van der Waals surface area contributed by atoms with Crippen LogP contribution in [0.25, 0.3) is 0 Å². The smallest absolute Gasteiger partial charge is 0.0931 e. The molecule has 1 N–H and O–H groups in total. The Morgan fingerprint density at radius 2 is 2.00 bits per heavy atom. The van der Waals surface area contributed by atoms with Crippen molar-refractivity contribution < 1.29 is 0 Å². The van der Waals surface area contributed by atoms with Crippen molar-refractivity contribution >= 4 is 5.84 Å². The molecule has 44 valence electrons. The Kier molecular flexibility index (Phi) is 1.33. The second-order valence-electron chi connectivity index (χ2n) is 1.96. The van der Waals surface area contributed by atoms with Crippen molar-refractivity contribution in [1.82, 2.24) is 4.90 Å². The average Bonchev–Trinajstić information content (AvgIpc) is 2.12. The SMILES string of the molecule is CC(=N)N1CC=CC1. The number of hydrogen-bond donors (Lipinski definition) is 1. The molecule has 1 aliphatic rings. The Morgan fingerprint density at radius 3 is 2.25 bits per heavy atom. The van der Waals surface area contributed by atoms with E-state index < -0.39 is 0 Å². The molecule has 0 bridgehead atoms. The molecule has 0 saturated heterocycles. The molecule has 2 nitrogen and oxygen atoms in total. The summed E-state index contributed by atoms with van der Waals surface area (Å²) < 4.78 is 0. The Labute approximate surface area is 49.3 Å². The Bertz CT molecular complexity index is 118. The summed E-state index contributed by atoms with van der Waals surface area (Å²) in [7, 11) is 0. The van der Waals surface area contributed by atoms with Crippen molar-refractivity contribution in [3.05, 3.63) is 12.2 Å². The van der Waals surface area contributed by atoms with E-state index in [-0.39, 0.29) is 0 Å². The van der Waals surface area contributed by atoms with Crippen LogP contribution in [0, 0.1) is 5.41 Å². The molecule has 0 saturated carbocycles. The zero-order valence-electron chi connectivity index (χ0n) is 5.02. The van der Waals surface area contributed by atoms with Crippen LogP contribution in [0.4, 0.5) is 0 Å². The largest absolute Gasteiger partial charge is 0.353 e. The lowest BCUT2D eigenvalue weighted by atomic mass is 10.5. The molecular formula is C6H10N2. The molecule has 1 aliphatic heterocycles. The highest BCUT2D eigenvalue weighted by Crippen LogP contribution is 1.97. The molecule has 0 aromatic rings. The van der Waals surface area contributed by atoms with Gasteiger partial charge < -0.3 is 4.90 Å². The second-order valence-corrected chi connectivity index (χ2v) is 1.96. The van der Waals surface area contributed by atoms with Gasteiger partial charge in [-0.15, -0.1) is 0 Å². The quantitative estimate of drug-likeness (QED) is 0.279. The maximum atomic E-state index is 7.18. The van der Waals surface area contributed by atoms with Crippen LogP contribution in [0.2, 0.25) is 0 Å². The lowest BCUT2D eigenvalue weighted by Crippen LogP contribution is -2.24. The first-order valence-electron chi connectivity index (χ1n) is 2.76. The van der Waals surface area contributed by atoms with Gasteiger partial charge in [0.1, 0.15) is 0 Å². The lowest BCUT2D eigenvalue weighted by Gasteiger charge is -2.13. The first-order valence-corrected chi connectivity index (χ1v) is 2.76. The van der Waals surface area contributed by atoms with E-state index in [2.05, 4.69) is 12.2 Å². The van der Waals surface area contributed by atoms with Crippen molar-refractivity contribution in [2.75, 3.05) is 13.1 Å². The third-order valence-electron chi connectivity index (χ3n) is 1.29. The van der Waals surface area contributed by atoms with Crippen LogP contribution in [-0.2, 0) is 0 Å². The standard InChI is InChI=1S/C6H10N2/c1-6(7)8-4-2-3-5-8/h2-3,7H,4-5H2,1H3. The first-order chi connectivity index (χ1) is 3.80. The predicted molar refractivity (Wildman–Crippen MR) is 34.1 cm³/mol. The summed E-state index contributed by atoms with van der Waals surface area (Å²) in [4.78, 5) is 2.00. The van der Waals surface area contributed by atoms with Crippen LogP contribution in [-0.4, -0.2) is 23.8 Å². The minimum Gasteiger partial charge on any atom is -0.353 e. The van der Waals surface area contributed by atoms with E-state index in [0.717, 1.165) is 13.1 Å². The summed E-state index contributed by atoms with van der Waals surface area (Å²) >= 11 is 0. The molecule has 8 heavy (non-hydrogen) atoms. The molecule has 1 rings (SSSR count). The molecule has 0 aromatic heterocycles. The minimum atomic E-state index is 0.662. The zero-order chi connectivity index (χ0) is 5.98. The summed E-state index contributed by atoms with van der Waals surface area (Å²) in [5.41, 5.74) is 0. The fourth-order valence-electron chi connectivity index (χ4n) is 0.752. The van der Waals surface area contributed by atoms with Crippen molar-refractivity contribution in [3.63, 3.8) is 0 Å². The van der Waals surface area contributed by atoms with Gasteiger partial charge in [-0.3, -0.25) is 5.41 Å². The lowest BCUT2D eigenvalue weighted by molar-refractivity contribution is 0.533. The summed E-state index contributed by atoms with van der Waals surface area (Å²) in [6.45, 7) is 3.66. The first kappa shape index (κ1) is 5.35. The summed E-state index contributed by atoms with van der Waals surface area (Å²) in [6, 6.07) is 0. The van der Waals surface area contributed by atoms with Gasteiger partial charge in [0.05, 0.1) is 5.84 Å². The van der Waals surface area contributed by atoms with E-state index in [4.69, 9.17) is 5.41 Å². The fourth-order valence-corrected chi connectivity index (χ4v) is 0.752. The molecule has 1 heterocycles. The molecule has 2 heteroatoms.